The van der Waals surface area contributed by atoms with Crippen LogP contribution in [0, 0.1) is 0 Å². The highest BCUT2D eigenvalue weighted by atomic mass is 127. The summed E-state index contributed by atoms with van der Waals surface area (Å²) in [6.07, 6.45) is 0. The lowest BCUT2D eigenvalue weighted by Crippen LogP contribution is -2.13. The Morgan fingerprint density at radius 1 is 0.733 bits per heavy atom. The van der Waals surface area contributed by atoms with Crippen molar-refractivity contribution in [3.05, 3.63) is 0 Å². The van der Waals surface area contributed by atoms with Crippen molar-refractivity contribution < 1.29 is 0 Å². The Balaban J connectivity index is 3.20. The maximum atomic E-state index is 4.30. The summed E-state index contributed by atoms with van der Waals surface area (Å²) in [5.74, 6) is 1.90. The zero-order chi connectivity index (χ0) is 11.6. The number of hydrogen-bond acceptors (Lipinski definition) is 6. The van der Waals surface area contributed by atoms with Gasteiger partial charge >= 0.3 is 0 Å². The average Bonchev–Trinajstić information content (AvgIpc) is 2.16. The molecule has 1 heterocycles. The molecule has 1 aromatic rings. The van der Waals surface area contributed by atoms with Gasteiger partial charge < -0.3 is 0 Å². The highest BCUT2D eigenvalue weighted by Crippen LogP contribution is 2.24. The van der Waals surface area contributed by atoms with E-state index in [1.54, 1.807) is 1.33 Å². The first-order valence-corrected chi connectivity index (χ1v) is 7.44. The molecule has 0 radical (unpaired) electrons. The Labute approximate surface area is 144 Å². The minimum atomic E-state index is 0.628. The lowest BCUT2D eigenvalue weighted by Gasteiger charge is -2.14. The topological polar surface area (TPSA) is 48.4 Å². The van der Waals surface area contributed by atoms with Gasteiger partial charge in [-0.2, -0.15) is 15.0 Å². The van der Waals surface area contributed by atoms with Crippen molar-refractivity contribution in [1.82, 2.24) is 15.0 Å². The molecule has 0 aliphatic heterocycles. The molecule has 0 aliphatic rings. The maximum Gasteiger partial charge on any atom is 0.250 e. The summed E-state index contributed by atoms with van der Waals surface area (Å²) in [7, 11) is 3.78. The summed E-state index contributed by atoms with van der Waals surface area (Å²) in [5.41, 5.74) is 0. The molecule has 0 amide bonds. The molecule has 6 nitrogen and oxygen atoms in total. The highest BCUT2D eigenvalue weighted by Gasteiger charge is 2.13. The monoisotopic (exact) mass is 658 g/mol. The number of aromatic nitrogens is 3. The third-order valence-corrected chi connectivity index (χ3v) is 3.03. The molecule has 0 aliphatic carbocycles. The van der Waals surface area contributed by atoms with E-state index >= 15 is 0 Å². The van der Waals surface area contributed by atoms with Crippen molar-refractivity contribution in [2.45, 2.75) is 0 Å². The van der Waals surface area contributed by atoms with Crippen LogP contribution in [0.25, 0.3) is 0 Å². The molecular formula is C5H6I4N6. The predicted octanol–water partition coefficient (Wildman–Crippen LogP) is 2.95. The van der Waals surface area contributed by atoms with Gasteiger partial charge in [-0.25, -0.2) is 1.33 Å². The van der Waals surface area contributed by atoms with Crippen molar-refractivity contribution in [3.8, 4) is 0 Å². The molecule has 0 saturated heterocycles. The van der Waals surface area contributed by atoms with Gasteiger partial charge in [0.2, 0.25) is 17.8 Å². The number of anilines is 3. The first kappa shape index (κ1) is 14.4. The Morgan fingerprint density at radius 2 is 1.07 bits per heavy atom. The third kappa shape index (κ3) is 4.25. The number of halogens is 4. The molecule has 1 aromatic heterocycles. The van der Waals surface area contributed by atoms with Crippen molar-refractivity contribution >= 4 is 109 Å². The molecule has 15 heavy (non-hydrogen) atoms. The standard InChI is InChI=1S/C5H6I4N6/c1-13(6)3-10-4(14(2)7)12-5(11-3)15(8)9/h1-2H3. The Morgan fingerprint density at radius 3 is 1.33 bits per heavy atom. The van der Waals surface area contributed by atoms with Crippen LogP contribution in [0.4, 0.5) is 17.8 Å². The van der Waals surface area contributed by atoms with Gasteiger partial charge in [0, 0.05) is 14.1 Å². The van der Waals surface area contributed by atoms with Gasteiger partial charge in [-0.1, -0.05) is 0 Å². The first-order valence-electron chi connectivity index (χ1n) is 3.58. The number of rotatable bonds is 3. The number of nitrogens with zero attached hydrogens (tertiary/aromatic N) is 6. The minimum absolute atomic E-state index is 0.628. The van der Waals surface area contributed by atoms with E-state index in [0.717, 1.165) is 0 Å². The summed E-state index contributed by atoms with van der Waals surface area (Å²) >= 11 is 8.48. The molecule has 84 valence electrons. The highest BCUT2D eigenvalue weighted by molar-refractivity contribution is 14.2. The van der Waals surface area contributed by atoms with Crippen molar-refractivity contribution in [1.29, 1.82) is 0 Å². The Hall–Kier alpha value is 1.33. The van der Waals surface area contributed by atoms with Gasteiger partial charge in [-0.3, -0.25) is 6.23 Å². The van der Waals surface area contributed by atoms with Crippen LogP contribution in [-0.2, 0) is 0 Å². The summed E-state index contributed by atoms with van der Waals surface area (Å²) in [6, 6.07) is 0. The van der Waals surface area contributed by atoms with Gasteiger partial charge in [0.05, 0.1) is 91.5 Å². The summed E-state index contributed by atoms with van der Waals surface area (Å²) in [4.78, 5) is 12.9. The molecule has 1 rings (SSSR count). The molecular weight excluding hydrogens is 652 g/mol. The van der Waals surface area contributed by atoms with E-state index < -0.39 is 0 Å². The Bertz CT molecular complexity index is 278. The van der Waals surface area contributed by atoms with Crippen LogP contribution in [-0.4, -0.2) is 29.0 Å². The largest absolute Gasteiger partial charge is 0.286 e. The van der Waals surface area contributed by atoms with Crippen LogP contribution in [0.1, 0.15) is 0 Å². The molecule has 0 atom stereocenters. The lowest BCUT2D eigenvalue weighted by atomic mass is 10.8. The third-order valence-electron chi connectivity index (χ3n) is 1.30. The lowest BCUT2D eigenvalue weighted by molar-refractivity contribution is 1.02. The fourth-order valence-electron chi connectivity index (χ4n) is 0.695. The molecule has 0 unspecified atom stereocenters. The summed E-state index contributed by atoms with van der Waals surface area (Å²) in [5, 5.41) is 0. The van der Waals surface area contributed by atoms with Crippen LogP contribution in [0.3, 0.4) is 0 Å². The van der Waals surface area contributed by atoms with Crippen LogP contribution < -0.4 is 7.55 Å². The maximum absolute atomic E-state index is 4.30. The zero-order valence-electron chi connectivity index (χ0n) is 7.70. The van der Waals surface area contributed by atoms with E-state index in [4.69, 9.17) is 0 Å². The molecule has 0 spiro atoms. The van der Waals surface area contributed by atoms with Crippen molar-refractivity contribution in [2.75, 3.05) is 21.6 Å². The molecule has 0 N–H and O–H groups in total. The normalized spacial score (nSPS) is 10.0. The van der Waals surface area contributed by atoms with E-state index in [1.165, 1.54) is 0 Å². The summed E-state index contributed by atoms with van der Waals surface area (Å²) < 4.78 is 5.44. The predicted molar refractivity (Wildman–Crippen MR) is 95.2 cm³/mol. The SMILES string of the molecule is CN(I)c1nc(N(C)I)nc(N(I)I)n1. The second kappa shape index (κ2) is 6.31. The zero-order valence-corrected chi connectivity index (χ0v) is 16.3. The van der Waals surface area contributed by atoms with E-state index in [-0.39, 0.29) is 0 Å². The van der Waals surface area contributed by atoms with Gasteiger partial charge in [0.15, 0.2) is 0 Å². The van der Waals surface area contributed by atoms with E-state index in [0.29, 0.717) is 17.8 Å². The molecule has 0 fully saturated rings. The van der Waals surface area contributed by atoms with Gasteiger partial charge in [0.1, 0.15) is 0 Å². The van der Waals surface area contributed by atoms with Gasteiger partial charge in [-0.15, -0.1) is 0 Å². The summed E-state index contributed by atoms with van der Waals surface area (Å²) in [6.45, 7) is 0. The van der Waals surface area contributed by atoms with Crippen molar-refractivity contribution in [3.63, 3.8) is 0 Å². The molecule has 0 aromatic carbocycles. The Kier molecular flexibility index (Phi) is 6.06. The molecule has 0 bridgehead atoms. The van der Waals surface area contributed by atoms with E-state index in [1.807, 2.05) is 20.3 Å². The average molecular weight is 658 g/mol. The fraction of sp³-hybridized carbons (Fsp3) is 0.400. The van der Waals surface area contributed by atoms with Crippen LogP contribution in [0.15, 0.2) is 0 Å². The molecule has 10 heteroatoms. The first-order chi connectivity index (χ1) is 6.91. The van der Waals surface area contributed by atoms with Crippen LogP contribution in [0.5, 0.6) is 0 Å². The van der Waals surface area contributed by atoms with Crippen LogP contribution in [0.2, 0.25) is 0 Å². The minimum Gasteiger partial charge on any atom is -0.286 e. The van der Waals surface area contributed by atoms with Gasteiger partial charge in [0.25, 0.3) is 0 Å². The van der Waals surface area contributed by atoms with Gasteiger partial charge in [-0.05, 0) is 0 Å². The fourth-order valence-corrected chi connectivity index (χ4v) is 1.56. The van der Waals surface area contributed by atoms with Crippen LogP contribution >= 0.6 is 91.5 Å². The molecule has 0 saturated carbocycles. The van der Waals surface area contributed by atoms with E-state index in [9.17, 15) is 0 Å². The quantitative estimate of drug-likeness (QED) is 0.369. The smallest absolute Gasteiger partial charge is 0.250 e. The second-order valence-electron chi connectivity index (χ2n) is 2.42. The number of hydrogen-bond donors (Lipinski definition) is 0. The van der Waals surface area contributed by atoms with Crippen molar-refractivity contribution in [2.24, 2.45) is 0 Å². The van der Waals surface area contributed by atoms with E-state index in [2.05, 4.69) is 106 Å². The second-order valence-corrected chi connectivity index (χ2v) is 9.09.